The lowest BCUT2D eigenvalue weighted by Gasteiger charge is -2.28. The minimum Gasteiger partial charge on any atom is -0.464 e. The van der Waals surface area contributed by atoms with Gasteiger partial charge in [0.2, 0.25) is 0 Å². The number of carbonyl (C=O) groups excluding carboxylic acids is 1. The molecule has 2 heterocycles. The molecule has 1 aromatic carbocycles. The predicted molar refractivity (Wildman–Crippen MR) is 112 cm³/mol. The molecule has 2 N–H and O–H groups in total. The number of ether oxygens (including phenoxy) is 1. The summed E-state index contributed by atoms with van der Waals surface area (Å²) in [5.41, 5.74) is 1.83. The highest BCUT2D eigenvalue weighted by Crippen LogP contribution is 2.31. The average Bonchev–Trinajstić information content (AvgIpc) is 3.39. The number of aliphatic hydroxyl groups excluding tert-OH is 1. The normalized spacial score (nSPS) is 15.5. The quantitative estimate of drug-likeness (QED) is 0.562. The highest BCUT2D eigenvalue weighted by Gasteiger charge is 2.32. The topological polar surface area (TPSA) is 76.4 Å². The van der Waals surface area contributed by atoms with E-state index < -0.39 is 17.6 Å². The Balaban J connectivity index is 1.71. The zero-order valence-corrected chi connectivity index (χ0v) is 17.3. The van der Waals surface area contributed by atoms with Crippen LogP contribution in [0.25, 0.3) is 10.9 Å². The van der Waals surface area contributed by atoms with Crippen molar-refractivity contribution in [2.45, 2.75) is 44.3 Å². The molecule has 1 saturated carbocycles. The number of esters is 1. The number of fused-ring (bicyclic) bond motifs is 1. The molecule has 2 aromatic heterocycles. The van der Waals surface area contributed by atoms with Crippen LogP contribution in [0.15, 0.2) is 36.7 Å². The summed E-state index contributed by atoms with van der Waals surface area (Å²) in [6.45, 7) is 0.717. The van der Waals surface area contributed by atoms with Crippen molar-refractivity contribution in [3.05, 3.63) is 65.1 Å². The highest BCUT2D eigenvalue weighted by atomic mass is 19.1. The number of nitrogens with zero attached hydrogens (tertiary/aromatic N) is 2. The third-order valence-electron chi connectivity index (χ3n) is 6.12. The summed E-state index contributed by atoms with van der Waals surface area (Å²) in [5, 5.41) is 14.2. The van der Waals surface area contributed by atoms with E-state index in [2.05, 4.69) is 10.3 Å². The summed E-state index contributed by atoms with van der Waals surface area (Å²) in [4.78, 5) is 16.2. The van der Waals surface area contributed by atoms with Crippen molar-refractivity contribution in [3.8, 4) is 0 Å². The molecule has 8 heteroatoms. The molecule has 0 bridgehead atoms. The number of halogens is 2. The molecule has 1 aliphatic carbocycles. The molecule has 0 radical (unpaired) electrons. The molecule has 3 aromatic rings. The van der Waals surface area contributed by atoms with Crippen LogP contribution in [0, 0.1) is 11.6 Å². The number of benzene rings is 1. The van der Waals surface area contributed by atoms with Crippen molar-refractivity contribution < 1.29 is 23.4 Å². The van der Waals surface area contributed by atoms with Gasteiger partial charge in [-0.2, -0.15) is 0 Å². The molecular formula is C23H25F2N3O3. The first kappa shape index (κ1) is 21.4. The van der Waals surface area contributed by atoms with Crippen molar-refractivity contribution in [1.82, 2.24) is 14.9 Å². The first-order chi connectivity index (χ1) is 14.9. The molecule has 1 aliphatic rings. The zero-order valence-electron chi connectivity index (χ0n) is 17.3. The maximum atomic E-state index is 14.2. The van der Waals surface area contributed by atoms with E-state index in [0.29, 0.717) is 12.1 Å². The van der Waals surface area contributed by atoms with Crippen LogP contribution in [0.1, 0.15) is 47.3 Å². The monoisotopic (exact) mass is 429 g/mol. The lowest BCUT2D eigenvalue weighted by Crippen LogP contribution is -2.45. The van der Waals surface area contributed by atoms with Crippen LogP contribution in [0.5, 0.6) is 0 Å². The second-order valence-electron chi connectivity index (χ2n) is 8.10. The number of carbonyl (C=O) groups is 1. The van der Waals surface area contributed by atoms with Gasteiger partial charge >= 0.3 is 5.97 Å². The molecule has 0 spiro atoms. The van der Waals surface area contributed by atoms with Crippen molar-refractivity contribution >= 4 is 16.9 Å². The van der Waals surface area contributed by atoms with Crippen LogP contribution in [0.3, 0.4) is 0 Å². The summed E-state index contributed by atoms with van der Waals surface area (Å²) >= 11 is 0. The number of pyridine rings is 1. The molecular weight excluding hydrogens is 404 g/mol. The summed E-state index contributed by atoms with van der Waals surface area (Å²) in [6, 6.07) is 5.17. The van der Waals surface area contributed by atoms with Gasteiger partial charge in [-0.1, -0.05) is 18.9 Å². The van der Waals surface area contributed by atoms with Gasteiger partial charge in [0.25, 0.3) is 0 Å². The van der Waals surface area contributed by atoms with Gasteiger partial charge < -0.3 is 19.7 Å². The minimum absolute atomic E-state index is 0.0569. The molecule has 164 valence electrons. The van der Waals surface area contributed by atoms with Crippen molar-refractivity contribution in [2.75, 3.05) is 13.7 Å². The van der Waals surface area contributed by atoms with E-state index in [4.69, 9.17) is 4.74 Å². The lowest BCUT2D eigenvalue weighted by molar-refractivity contribution is 0.0594. The maximum absolute atomic E-state index is 14.2. The fraction of sp³-hybridized carbons (Fsp3) is 0.391. The Hall–Kier alpha value is -2.84. The Kier molecular flexibility index (Phi) is 6.02. The first-order valence-corrected chi connectivity index (χ1v) is 10.3. The predicted octanol–water partition coefficient (Wildman–Crippen LogP) is 3.54. The van der Waals surface area contributed by atoms with Crippen LogP contribution in [-0.2, 0) is 17.8 Å². The van der Waals surface area contributed by atoms with E-state index in [9.17, 15) is 18.7 Å². The summed E-state index contributed by atoms with van der Waals surface area (Å²) in [7, 11) is 1.30. The zero-order chi connectivity index (χ0) is 22.0. The molecule has 0 aliphatic heterocycles. The number of hydrogen-bond donors (Lipinski definition) is 2. The average molecular weight is 429 g/mol. The van der Waals surface area contributed by atoms with Crippen molar-refractivity contribution in [1.29, 1.82) is 0 Å². The number of aromatic nitrogens is 2. The van der Waals surface area contributed by atoms with E-state index in [1.54, 1.807) is 12.3 Å². The fourth-order valence-corrected chi connectivity index (χ4v) is 4.31. The Bertz CT molecular complexity index is 1110. The van der Waals surface area contributed by atoms with Gasteiger partial charge in [0.05, 0.1) is 32.0 Å². The van der Waals surface area contributed by atoms with Gasteiger partial charge in [-0.25, -0.2) is 18.6 Å². The molecule has 0 atom stereocenters. The maximum Gasteiger partial charge on any atom is 0.356 e. The second kappa shape index (κ2) is 8.72. The van der Waals surface area contributed by atoms with Crippen LogP contribution in [0.4, 0.5) is 8.78 Å². The minimum atomic E-state index is -0.626. The lowest BCUT2D eigenvalue weighted by atomic mass is 9.98. The third-order valence-corrected chi connectivity index (χ3v) is 6.12. The molecule has 6 nitrogen and oxygen atoms in total. The third kappa shape index (κ3) is 4.31. The summed E-state index contributed by atoms with van der Waals surface area (Å²) in [6.07, 6.45) is 7.37. The van der Waals surface area contributed by atoms with Gasteiger partial charge in [-0.3, -0.25) is 0 Å². The smallest absolute Gasteiger partial charge is 0.356 e. The Labute approximate surface area is 178 Å². The molecule has 0 unspecified atom stereocenters. The first-order valence-electron chi connectivity index (χ1n) is 10.3. The SMILES string of the molecule is COC(=O)c1cc2c(CNC3(CO)CCCC3)cn(Cc3ccc(F)cc3F)c2cn1. The van der Waals surface area contributed by atoms with Crippen LogP contribution < -0.4 is 5.32 Å². The van der Waals surface area contributed by atoms with E-state index >= 15 is 0 Å². The number of methoxy groups -OCH3 is 1. The molecule has 1 fully saturated rings. The van der Waals surface area contributed by atoms with E-state index in [-0.39, 0.29) is 24.4 Å². The molecule has 0 saturated heterocycles. The van der Waals surface area contributed by atoms with E-state index in [1.165, 1.54) is 19.2 Å². The van der Waals surface area contributed by atoms with E-state index in [1.807, 2.05) is 10.8 Å². The van der Waals surface area contributed by atoms with Gasteiger partial charge in [-0.15, -0.1) is 0 Å². The molecule has 4 rings (SSSR count). The van der Waals surface area contributed by atoms with E-state index in [0.717, 1.165) is 48.2 Å². The number of aliphatic hydroxyl groups is 1. The number of hydrogen-bond acceptors (Lipinski definition) is 5. The Morgan fingerprint density at radius 3 is 2.71 bits per heavy atom. The van der Waals surface area contributed by atoms with Gasteiger partial charge in [-0.05, 0) is 30.5 Å². The van der Waals surface area contributed by atoms with Gasteiger partial charge in [0.15, 0.2) is 0 Å². The summed E-state index contributed by atoms with van der Waals surface area (Å²) in [5.74, 6) is -1.79. The van der Waals surface area contributed by atoms with Gasteiger partial charge in [0, 0.05) is 35.3 Å². The van der Waals surface area contributed by atoms with Crippen LogP contribution in [0.2, 0.25) is 0 Å². The fourth-order valence-electron chi connectivity index (χ4n) is 4.31. The number of rotatable bonds is 7. The highest BCUT2D eigenvalue weighted by molar-refractivity contribution is 5.93. The molecule has 0 amide bonds. The standard InChI is InChI=1S/C23H25F2N3O3/c1-31-22(30)20-9-18-16(10-27-23(14-29)6-2-3-7-23)13-28(21(18)11-26-20)12-15-4-5-17(24)8-19(15)25/h4-5,8-9,11,13,27,29H,2-3,6-7,10,12,14H2,1H3. The van der Waals surface area contributed by atoms with Crippen LogP contribution in [-0.4, -0.2) is 39.9 Å². The van der Waals surface area contributed by atoms with Crippen LogP contribution >= 0.6 is 0 Å². The van der Waals surface area contributed by atoms with Crippen molar-refractivity contribution in [3.63, 3.8) is 0 Å². The number of nitrogens with one attached hydrogen (secondary N) is 1. The van der Waals surface area contributed by atoms with Gasteiger partial charge in [0.1, 0.15) is 17.3 Å². The molecule has 31 heavy (non-hydrogen) atoms. The Morgan fingerprint density at radius 1 is 1.26 bits per heavy atom. The largest absolute Gasteiger partial charge is 0.464 e. The Morgan fingerprint density at radius 2 is 2.03 bits per heavy atom. The second-order valence-corrected chi connectivity index (χ2v) is 8.10. The van der Waals surface area contributed by atoms with Crippen molar-refractivity contribution in [2.24, 2.45) is 0 Å². The summed E-state index contributed by atoms with van der Waals surface area (Å²) < 4.78 is 34.1.